The summed E-state index contributed by atoms with van der Waals surface area (Å²) in [6.45, 7) is 3.00. The number of carbonyl (C=O) groups is 2. The number of para-hydroxylation sites is 1. The van der Waals surface area contributed by atoms with E-state index in [-0.39, 0.29) is 24.2 Å². The summed E-state index contributed by atoms with van der Waals surface area (Å²) in [5, 5.41) is 2.60. The second kappa shape index (κ2) is 9.58. The van der Waals surface area contributed by atoms with Crippen LogP contribution < -0.4 is 5.32 Å². The average molecular weight is 400 g/mol. The Labute approximate surface area is 171 Å². The molecule has 7 heteroatoms. The van der Waals surface area contributed by atoms with Crippen molar-refractivity contribution in [1.82, 2.24) is 14.4 Å². The predicted molar refractivity (Wildman–Crippen MR) is 111 cm³/mol. The fourth-order valence-electron chi connectivity index (χ4n) is 3.25. The third-order valence-electron chi connectivity index (χ3n) is 5.20. The molecule has 0 radical (unpaired) electrons. The number of unbranched alkanes of at least 4 members (excludes halogenated alkanes) is 1. The van der Waals surface area contributed by atoms with Gasteiger partial charge >= 0.3 is 6.03 Å². The van der Waals surface area contributed by atoms with Crippen molar-refractivity contribution in [2.24, 2.45) is 7.05 Å². The Kier molecular flexibility index (Phi) is 6.90. The van der Waals surface area contributed by atoms with Gasteiger partial charge in [0.25, 0.3) is 0 Å². The van der Waals surface area contributed by atoms with Crippen LogP contribution in [0.4, 0.5) is 14.9 Å². The number of carbonyl (C=O) groups excluding carboxylic acids is 2. The molecule has 3 rings (SSSR count). The number of benzene rings is 1. The first-order valence-electron chi connectivity index (χ1n) is 10.2. The Bertz CT molecular complexity index is 847. The average Bonchev–Trinajstić information content (AvgIpc) is 3.46. The van der Waals surface area contributed by atoms with Crippen molar-refractivity contribution in [3.63, 3.8) is 0 Å². The number of hydrogen-bond acceptors (Lipinski definition) is 2. The summed E-state index contributed by atoms with van der Waals surface area (Å²) in [6, 6.07) is 9.79. The van der Waals surface area contributed by atoms with Gasteiger partial charge in [0.1, 0.15) is 12.4 Å². The molecule has 1 aliphatic rings. The summed E-state index contributed by atoms with van der Waals surface area (Å²) in [7, 11) is 1.96. The summed E-state index contributed by atoms with van der Waals surface area (Å²) in [4.78, 5) is 29.2. The van der Waals surface area contributed by atoms with Crippen molar-refractivity contribution in [3.05, 3.63) is 54.1 Å². The van der Waals surface area contributed by atoms with E-state index in [9.17, 15) is 14.0 Å². The summed E-state index contributed by atoms with van der Waals surface area (Å²) in [5.41, 5.74) is 1.18. The number of aryl methyl sites for hydroxylation is 1. The molecule has 6 nitrogen and oxygen atoms in total. The van der Waals surface area contributed by atoms with Crippen LogP contribution in [-0.4, -0.2) is 45.4 Å². The van der Waals surface area contributed by atoms with Crippen molar-refractivity contribution < 1.29 is 14.0 Å². The molecule has 29 heavy (non-hydrogen) atoms. The largest absolute Gasteiger partial charge is 0.353 e. The molecule has 1 N–H and O–H groups in total. The van der Waals surface area contributed by atoms with Crippen LogP contribution in [0.25, 0.3) is 0 Å². The van der Waals surface area contributed by atoms with E-state index in [2.05, 4.69) is 5.32 Å². The van der Waals surface area contributed by atoms with Crippen LogP contribution >= 0.6 is 0 Å². The molecule has 156 valence electrons. The maximum atomic E-state index is 13.9. The van der Waals surface area contributed by atoms with Gasteiger partial charge in [-0.25, -0.2) is 9.18 Å². The Balaban J connectivity index is 1.69. The molecule has 0 unspecified atom stereocenters. The molecule has 2 aromatic rings. The Morgan fingerprint density at radius 1 is 1.21 bits per heavy atom. The smallest absolute Gasteiger partial charge is 0.322 e. The van der Waals surface area contributed by atoms with Gasteiger partial charge in [-0.15, -0.1) is 0 Å². The SMILES string of the molecule is CCCCN(CC(=O)N(Cc1cccn1C)C1CC1)C(=O)Nc1ccccc1F. The topological polar surface area (TPSA) is 57.6 Å². The van der Waals surface area contributed by atoms with Gasteiger partial charge < -0.3 is 19.7 Å². The zero-order valence-electron chi connectivity index (χ0n) is 17.1. The first-order valence-corrected chi connectivity index (χ1v) is 10.2. The molecule has 0 spiro atoms. The molecule has 0 atom stereocenters. The van der Waals surface area contributed by atoms with Gasteiger partial charge in [0.15, 0.2) is 0 Å². The molecular formula is C22H29FN4O2. The maximum absolute atomic E-state index is 13.9. The van der Waals surface area contributed by atoms with E-state index >= 15 is 0 Å². The molecule has 3 amide bonds. The number of nitrogens with one attached hydrogen (secondary N) is 1. The van der Waals surface area contributed by atoms with Crippen molar-refractivity contribution in [2.75, 3.05) is 18.4 Å². The first-order chi connectivity index (χ1) is 14.0. The van der Waals surface area contributed by atoms with Gasteiger partial charge in [-0.1, -0.05) is 25.5 Å². The lowest BCUT2D eigenvalue weighted by molar-refractivity contribution is -0.133. The molecule has 1 saturated carbocycles. The number of aromatic nitrogens is 1. The van der Waals surface area contributed by atoms with Crippen molar-refractivity contribution >= 4 is 17.6 Å². The van der Waals surface area contributed by atoms with E-state index < -0.39 is 11.8 Å². The minimum absolute atomic E-state index is 0.0127. The fourth-order valence-corrected chi connectivity index (χ4v) is 3.25. The van der Waals surface area contributed by atoms with Crippen molar-refractivity contribution in [1.29, 1.82) is 0 Å². The van der Waals surface area contributed by atoms with Crippen LogP contribution in [0.1, 0.15) is 38.3 Å². The number of nitrogens with zero attached hydrogens (tertiary/aromatic N) is 3. The van der Waals surface area contributed by atoms with Crippen LogP contribution in [0, 0.1) is 5.82 Å². The summed E-state index contributed by atoms with van der Waals surface area (Å²) in [6.07, 6.45) is 5.62. The number of halogens is 1. The molecule has 1 aromatic heterocycles. The first kappa shape index (κ1) is 20.9. The summed E-state index contributed by atoms with van der Waals surface area (Å²) in [5.74, 6) is -0.570. The third-order valence-corrected chi connectivity index (χ3v) is 5.20. The molecule has 0 aliphatic heterocycles. The second-order valence-electron chi connectivity index (χ2n) is 7.55. The molecule has 0 bridgehead atoms. The van der Waals surface area contributed by atoms with Gasteiger partial charge in [-0.2, -0.15) is 0 Å². The van der Waals surface area contributed by atoms with Gasteiger partial charge in [-0.3, -0.25) is 4.79 Å². The highest BCUT2D eigenvalue weighted by molar-refractivity contribution is 5.92. The Hall–Kier alpha value is -2.83. The number of hydrogen-bond donors (Lipinski definition) is 1. The highest BCUT2D eigenvalue weighted by Gasteiger charge is 2.34. The van der Waals surface area contributed by atoms with Gasteiger partial charge in [0, 0.05) is 31.5 Å². The lowest BCUT2D eigenvalue weighted by Crippen LogP contribution is -2.45. The normalized spacial score (nSPS) is 13.2. The van der Waals surface area contributed by atoms with Crippen LogP contribution in [0.3, 0.4) is 0 Å². The minimum Gasteiger partial charge on any atom is -0.353 e. The van der Waals surface area contributed by atoms with E-state index in [0.29, 0.717) is 13.1 Å². The van der Waals surface area contributed by atoms with E-state index in [1.54, 1.807) is 12.1 Å². The minimum atomic E-state index is -0.495. The van der Waals surface area contributed by atoms with E-state index in [4.69, 9.17) is 0 Å². The Morgan fingerprint density at radius 2 is 1.97 bits per heavy atom. The summed E-state index contributed by atoms with van der Waals surface area (Å²) >= 11 is 0. The van der Waals surface area contributed by atoms with E-state index in [1.807, 2.05) is 41.8 Å². The molecular weight excluding hydrogens is 371 g/mol. The van der Waals surface area contributed by atoms with Crippen LogP contribution in [0.15, 0.2) is 42.6 Å². The molecule has 0 saturated heterocycles. The quantitative estimate of drug-likeness (QED) is 0.692. The number of rotatable bonds is 9. The van der Waals surface area contributed by atoms with Crippen molar-refractivity contribution in [3.8, 4) is 0 Å². The molecule has 1 heterocycles. The standard InChI is InChI=1S/C22H29FN4O2/c1-3-4-14-26(22(29)24-20-10-6-5-9-19(20)23)16-21(28)27(17-11-12-17)15-18-8-7-13-25(18)2/h5-10,13,17H,3-4,11-12,14-16H2,1-2H3,(H,24,29). The summed E-state index contributed by atoms with van der Waals surface area (Å²) < 4.78 is 15.9. The molecule has 1 aromatic carbocycles. The lowest BCUT2D eigenvalue weighted by atomic mass is 10.3. The second-order valence-corrected chi connectivity index (χ2v) is 7.55. The number of amides is 3. The predicted octanol–water partition coefficient (Wildman–Crippen LogP) is 3.99. The fraction of sp³-hybridized carbons (Fsp3) is 0.455. The van der Waals surface area contributed by atoms with E-state index in [1.165, 1.54) is 17.0 Å². The van der Waals surface area contributed by atoms with Crippen molar-refractivity contribution in [2.45, 2.75) is 45.2 Å². The Morgan fingerprint density at radius 3 is 2.59 bits per heavy atom. The zero-order valence-corrected chi connectivity index (χ0v) is 17.1. The highest BCUT2D eigenvalue weighted by atomic mass is 19.1. The van der Waals surface area contributed by atoms with E-state index in [0.717, 1.165) is 31.4 Å². The number of anilines is 1. The maximum Gasteiger partial charge on any atom is 0.322 e. The highest BCUT2D eigenvalue weighted by Crippen LogP contribution is 2.28. The zero-order chi connectivity index (χ0) is 20.8. The number of urea groups is 1. The van der Waals surface area contributed by atoms with Gasteiger partial charge in [-0.05, 0) is 43.5 Å². The third kappa shape index (κ3) is 5.59. The van der Waals surface area contributed by atoms with Gasteiger partial charge in [0.2, 0.25) is 5.91 Å². The molecule has 1 aliphatic carbocycles. The van der Waals surface area contributed by atoms with Crippen LogP contribution in [-0.2, 0) is 18.4 Å². The van der Waals surface area contributed by atoms with Crippen LogP contribution in [0.2, 0.25) is 0 Å². The lowest BCUT2D eigenvalue weighted by Gasteiger charge is -2.28. The van der Waals surface area contributed by atoms with Gasteiger partial charge in [0.05, 0.1) is 12.2 Å². The monoisotopic (exact) mass is 400 g/mol. The van der Waals surface area contributed by atoms with Crippen LogP contribution in [0.5, 0.6) is 0 Å². The molecule has 1 fully saturated rings.